The molecule has 2 aliphatic heterocycles. The SMILES string of the molecule is C[C@@H](NC(=O)CN1C(=O)N[C@](C)(c2ccc3c(c2)OCO3)C1=O)c1cc2ccccc2o1. The molecule has 164 valence electrons. The summed E-state index contributed by atoms with van der Waals surface area (Å²) in [5, 5.41) is 6.40. The Morgan fingerprint density at radius 1 is 1.16 bits per heavy atom. The standard InChI is InChI=1S/C23H21N3O6/c1-13(18-9-14-5-3-4-6-16(14)32-18)24-20(27)11-26-21(28)23(2,25-22(26)29)15-7-8-17-19(10-15)31-12-30-17/h3-10,13H,11-12H2,1-2H3,(H,24,27)(H,25,29)/t13-,23-/m1/s1. The molecule has 0 radical (unpaired) electrons. The van der Waals surface area contributed by atoms with Crippen LogP contribution < -0.4 is 20.1 Å². The fourth-order valence-corrected chi connectivity index (χ4v) is 3.96. The Morgan fingerprint density at radius 3 is 2.75 bits per heavy atom. The van der Waals surface area contributed by atoms with E-state index in [1.165, 1.54) is 0 Å². The summed E-state index contributed by atoms with van der Waals surface area (Å²) in [6, 6.07) is 13.4. The van der Waals surface area contributed by atoms with Gasteiger partial charge in [-0.2, -0.15) is 0 Å². The predicted molar refractivity (Wildman–Crippen MR) is 113 cm³/mol. The third-order valence-corrected chi connectivity index (χ3v) is 5.78. The van der Waals surface area contributed by atoms with Gasteiger partial charge in [-0.05, 0) is 43.7 Å². The lowest BCUT2D eigenvalue weighted by molar-refractivity contribution is -0.135. The van der Waals surface area contributed by atoms with Gasteiger partial charge in [0.1, 0.15) is 23.4 Å². The lowest BCUT2D eigenvalue weighted by atomic mass is 9.91. The van der Waals surface area contributed by atoms with Gasteiger partial charge in [-0.1, -0.05) is 24.3 Å². The number of imide groups is 1. The van der Waals surface area contributed by atoms with Gasteiger partial charge in [0.15, 0.2) is 11.5 Å². The summed E-state index contributed by atoms with van der Waals surface area (Å²) in [5.41, 5.74) is -0.0567. The Morgan fingerprint density at radius 2 is 1.94 bits per heavy atom. The Balaban J connectivity index is 1.29. The zero-order valence-corrected chi connectivity index (χ0v) is 17.5. The number of carbonyl (C=O) groups is 3. The smallest absolute Gasteiger partial charge is 0.325 e. The maximum atomic E-state index is 13.1. The van der Waals surface area contributed by atoms with Gasteiger partial charge in [-0.15, -0.1) is 0 Å². The quantitative estimate of drug-likeness (QED) is 0.597. The van der Waals surface area contributed by atoms with Crippen molar-refractivity contribution in [2.75, 3.05) is 13.3 Å². The molecule has 2 aromatic carbocycles. The molecular weight excluding hydrogens is 414 g/mol. The molecule has 0 saturated carbocycles. The van der Waals surface area contributed by atoms with Crippen LogP contribution in [0.4, 0.5) is 4.79 Å². The van der Waals surface area contributed by atoms with Crippen molar-refractivity contribution in [2.24, 2.45) is 0 Å². The van der Waals surface area contributed by atoms with Crippen LogP contribution in [0.2, 0.25) is 0 Å². The molecule has 32 heavy (non-hydrogen) atoms. The van der Waals surface area contributed by atoms with Crippen molar-refractivity contribution in [1.82, 2.24) is 15.5 Å². The highest BCUT2D eigenvalue weighted by atomic mass is 16.7. The van der Waals surface area contributed by atoms with Crippen LogP contribution in [0.5, 0.6) is 11.5 Å². The molecule has 0 spiro atoms. The molecule has 1 aromatic heterocycles. The Labute approximate surface area is 183 Å². The molecule has 0 bridgehead atoms. The maximum Gasteiger partial charge on any atom is 0.325 e. The highest BCUT2D eigenvalue weighted by Crippen LogP contribution is 2.37. The summed E-state index contributed by atoms with van der Waals surface area (Å²) in [4.78, 5) is 39.2. The first-order chi connectivity index (χ1) is 15.3. The van der Waals surface area contributed by atoms with Gasteiger partial charge in [-0.25, -0.2) is 4.79 Å². The minimum absolute atomic E-state index is 0.103. The number of para-hydroxylation sites is 1. The van der Waals surface area contributed by atoms with Gasteiger partial charge in [0.25, 0.3) is 5.91 Å². The number of rotatable bonds is 5. The molecule has 1 saturated heterocycles. The first-order valence-corrected chi connectivity index (χ1v) is 10.2. The third kappa shape index (κ3) is 3.22. The van der Waals surface area contributed by atoms with Crippen molar-refractivity contribution in [2.45, 2.75) is 25.4 Å². The number of hydrogen-bond donors (Lipinski definition) is 2. The van der Waals surface area contributed by atoms with E-state index in [-0.39, 0.29) is 6.79 Å². The van der Waals surface area contributed by atoms with Crippen molar-refractivity contribution in [3.63, 3.8) is 0 Å². The number of benzene rings is 2. The number of carbonyl (C=O) groups excluding carboxylic acids is 3. The van der Waals surface area contributed by atoms with E-state index in [2.05, 4.69) is 10.6 Å². The first kappa shape index (κ1) is 19.9. The fraction of sp³-hybridized carbons (Fsp3) is 0.261. The molecule has 2 N–H and O–H groups in total. The number of fused-ring (bicyclic) bond motifs is 2. The van der Waals surface area contributed by atoms with Crippen LogP contribution in [0, 0.1) is 0 Å². The number of ether oxygens (including phenoxy) is 2. The molecule has 0 aliphatic carbocycles. The Kier molecular flexibility index (Phi) is 4.54. The van der Waals surface area contributed by atoms with Crippen LogP contribution in [0.15, 0.2) is 52.9 Å². The van der Waals surface area contributed by atoms with Crippen molar-refractivity contribution in [3.05, 3.63) is 59.9 Å². The molecule has 4 amide bonds. The summed E-state index contributed by atoms with van der Waals surface area (Å²) in [6.07, 6.45) is 0. The van der Waals surface area contributed by atoms with Crippen LogP contribution in [-0.2, 0) is 15.1 Å². The van der Waals surface area contributed by atoms with E-state index in [9.17, 15) is 14.4 Å². The lowest BCUT2D eigenvalue weighted by Crippen LogP contribution is -2.43. The van der Waals surface area contributed by atoms with Crippen molar-refractivity contribution in [1.29, 1.82) is 0 Å². The molecule has 0 unspecified atom stereocenters. The molecule has 9 heteroatoms. The monoisotopic (exact) mass is 435 g/mol. The van der Waals surface area contributed by atoms with Gasteiger partial charge in [-0.3, -0.25) is 14.5 Å². The lowest BCUT2D eigenvalue weighted by Gasteiger charge is -2.22. The average molecular weight is 435 g/mol. The molecule has 5 rings (SSSR count). The van der Waals surface area contributed by atoms with Crippen molar-refractivity contribution >= 4 is 28.8 Å². The Hall–Kier alpha value is -4.01. The van der Waals surface area contributed by atoms with Gasteiger partial charge in [0.2, 0.25) is 12.7 Å². The highest BCUT2D eigenvalue weighted by molar-refractivity contribution is 6.09. The van der Waals surface area contributed by atoms with Crippen molar-refractivity contribution < 1.29 is 28.3 Å². The summed E-state index contributed by atoms with van der Waals surface area (Å²) in [6.45, 7) is 3.07. The van der Waals surface area contributed by atoms with E-state index in [1.54, 1.807) is 32.0 Å². The second kappa shape index (κ2) is 7.30. The number of furan rings is 1. The zero-order valence-electron chi connectivity index (χ0n) is 17.5. The van der Waals surface area contributed by atoms with Gasteiger partial charge < -0.3 is 24.5 Å². The Bertz CT molecular complexity index is 1220. The molecule has 3 heterocycles. The van der Waals surface area contributed by atoms with E-state index in [4.69, 9.17) is 13.9 Å². The average Bonchev–Trinajstić information content (AvgIpc) is 3.47. The number of hydrogen-bond acceptors (Lipinski definition) is 6. The topological polar surface area (TPSA) is 110 Å². The number of amides is 4. The molecular formula is C23H21N3O6. The minimum Gasteiger partial charge on any atom is -0.459 e. The van der Waals surface area contributed by atoms with E-state index in [1.807, 2.05) is 30.3 Å². The van der Waals surface area contributed by atoms with Crippen LogP contribution in [0.3, 0.4) is 0 Å². The van der Waals surface area contributed by atoms with Crippen LogP contribution in [0.1, 0.15) is 31.2 Å². The minimum atomic E-state index is -1.32. The molecule has 9 nitrogen and oxygen atoms in total. The van der Waals surface area contributed by atoms with E-state index < -0.39 is 36.0 Å². The summed E-state index contributed by atoms with van der Waals surface area (Å²) < 4.78 is 16.4. The van der Waals surface area contributed by atoms with Crippen LogP contribution in [-0.4, -0.2) is 36.1 Å². The molecule has 3 aromatic rings. The normalized spacial score (nSPS) is 20.5. The molecule has 1 fully saturated rings. The number of nitrogens with zero attached hydrogens (tertiary/aromatic N) is 1. The maximum absolute atomic E-state index is 13.1. The summed E-state index contributed by atoms with van der Waals surface area (Å²) >= 11 is 0. The largest absolute Gasteiger partial charge is 0.459 e. The van der Waals surface area contributed by atoms with E-state index in [0.29, 0.717) is 22.8 Å². The van der Waals surface area contributed by atoms with Gasteiger partial charge >= 0.3 is 6.03 Å². The van der Waals surface area contributed by atoms with Gasteiger partial charge in [0, 0.05) is 5.39 Å². The zero-order chi connectivity index (χ0) is 22.5. The van der Waals surface area contributed by atoms with E-state index in [0.717, 1.165) is 15.9 Å². The highest BCUT2D eigenvalue weighted by Gasteiger charge is 2.50. The van der Waals surface area contributed by atoms with Gasteiger partial charge in [0.05, 0.1) is 6.04 Å². The van der Waals surface area contributed by atoms with E-state index >= 15 is 0 Å². The summed E-state index contributed by atoms with van der Waals surface area (Å²) in [5.74, 6) is 0.665. The predicted octanol–water partition coefficient (Wildman–Crippen LogP) is 2.81. The fourth-order valence-electron chi connectivity index (χ4n) is 3.96. The number of urea groups is 1. The van der Waals surface area contributed by atoms with Crippen LogP contribution in [0.25, 0.3) is 11.0 Å². The number of nitrogens with one attached hydrogen (secondary N) is 2. The second-order valence-corrected chi connectivity index (χ2v) is 7.99. The van der Waals surface area contributed by atoms with Crippen LogP contribution >= 0.6 is 0 Å². The molecule has 2 aliphatic rings. The van der Waals surface area contributed by atoms with Crippen molar-refractivity contribution in [3.8, 4) is 11.5 Å². The molecule has 2 atom stereocenters. The first-order valence-electron chi connectivity index (χ1n) is 10.2. The summed E-state index contributed by atoms with van der Waals surface area (Å²) in [7, 11) is 0. The second-order valence-electron chi connectivity index (χ2n) is 7.99. The third-order valence-electron chi connectivity index (χ3n) is 5.78.